The van der Waals surface area contributed by atoms with Gasteiger partial charge in [-0.05, 0) is 25.7 Å². The number of carbonyl (C=O) groups is 2. The van der Waals surface area contributed by atoms with E-state index in [4.69, 9.17) is 0 Å². The summed E-state index contributed by atoms with van der Waals surface area (Å²) in [5.41, 5.74) is 6.46. The van der Waals surface area contributed by atoms with E-state index in [9.17, 15) is 9.59 Å². The fraction of sp³-hybridized carbons (Fsp3) is 0.538. The third kappa shape index (κ3) is 6.08. The number of carbonyl (C=O) groups excluding carboxylic acids is 2. The monoisotopic (exact) mass is 251 g/mol. The molecule has 0 radical (unpaired) electrons. The molecule has 0 heterocycles. The van der Waals surface area contributed by atoms with Gasteiger partial charge in [0, 0.05) is 12.2 Å². The Morgan fingerprint density at radius 1 is 1.28 bits per heavy atom. The summed E-state index contributed by atoms with van der Waals surface area (Å²) in [6.45, 7) is 3.86. The molecule has 0 saturated carbocycles. The summed E-state index contributed by atoms with van der Waals surface area (Å²) in [5.74, 6) is -0.634. The smallest absolute Gasteiger partial charge is 0.247 e. The molecule has 3 N–H and O–H groups in total. The van der Waals surface area contributed by atoms with Crippen molar-refractivity contribution in [2.75, 3.05) is 6.54 Å². The van der Waals surface area contributed by atoms with Crippen LogP contribution in [-0.2, 0) is 9.59 Å². The lowest BCUT2D eigenvalue weighted by atomic mass is 10.2. The molecule has 0 unspecified atom stereocenters. The van der Waals surface area contributed by atoms with E-state index in [0.29, 0.717) is 6.54 Å². The summed E-state index contributed by atoms with van der Waals surface area (Å²) in [7, 11) is 0. The Morgan fingerprint density at radius 3 is 2.89 bits per heavy atom. The van der Waals surface area contributed by atoms with Gasteiger partial charge >= 0.3 is 0 Å². The minimum atomic E-state index is -0.332. The van der Waals surface area contributed by atoms with Crippen molar-refractivity contribution in [3.05, 3.63) is 24.4 Å². The fourth-order valence-electron chi connectivity index (χ4n) is 1.72. The first-order chi connectivity index (χ1) is 8.72. The lowest BCUT2D eigenvalue weighted by Gasteiger charge is -2.10. The van der Waals surface area contributed by atoms with Gasteiger partial charge in [0.05, 0.1) is 0 Å². The van der Waals surface area contributed by atoms with Crippen LogP contribution in [0.4, 0.5) is 0 Å². The van der Waals surface area contributed by atoms with Crippen LogP contribution in [-0.4, -0.2) is 18.4 Å². The minimum Gasteiger partial charge on any atom is -0.352 e. The summed E-state index contributed by atoms with van der Waals surface area (Å²) in [6, 6.07) is 0. The van der Waals surface area contributed by atoms with E-state index >= 15 is 0 Å². The largest absolute Gasteiger partial charge is 0.352 e. The van der Waals surface area contributed by atoms with Crippen LogP contribution in [0.15, 0.2) is 24.4 Å². The predicted molar refractivity (Wildman–Crippen MR) is 70.3 cm³/mol. The fourth-order valence-corrected chi connectivity index (χ4v) is 1.72. The Hall–Kier alpha value is -1.78. The third-order valence-electron chi connectivity index (χ3n) is 2.67. The lowest BCUT2D eigenvalue weighted by molar-refractivity contribution is -0.129. The zero-order valence-electron chi connectivity index (χ0n) is 10.6. The van der Waals surface area contributed by atoms with Crippen molar-refractivity contribution >= 4 is 11.8 Å². The van der Waals surface area contributed by atoms with Crippen molar-refractivity contribution in [2.24, 2.45) is 0 Å². The lowest BCUT2D eigenvalue weighted by Crippen LogP contribution is -2.39. The van der Waals surface area contributed by atoms with Crippen LogP contribution in [0.25, 0.3) is 0 Å². The molecule has 0 aromatic carbocycles. The van der Waals surface area contributed by atoms with Gasteiger partial charge in [-0.3, -0.25) is 15.0 Å². The highest BCUT2D eigenvalue weighted by molar-refractivity contribution is 5.96. The van der Waals surface area contributed by atoms with Crippen molar-refractivity contribution in [3.63, 3.8) is 0 Å². The summed E-state index contributed by atoms with van der Waals surface area (Å²) < 4.78 is 0. The first kappa shape index (κ1) is 14.3. The van der Waals surface area contributed by atoms with Gasteiger partial charge in [0.2, 0.25) is 11.8 Å². The van der Waals surface area contributed by atoms with E-state index in [0.717, 1.165) is 25.0 Å². The Bertz CT molecular complexity index is 337. The third-order valence-corrected chi connectivity index (χ3v) is 2.67. The van der Waals surface area contributed by atoms with Crippen molar-refractivity contribution in [1.29, 1.82) is 0 Å². The number of hydrogen-bond donors (Lipinski definition) is 3. The summed E-state index contributed by atoms with van der Waals surface area (Å²) in [4.78, 5) is 22.7. The highest BCUT2D eigenvalue weighted by atomic mass is 16.2. The maximum Gasteiger partial charge on any atom is 0.247 e. The summed E-state index contributed by atoms with van der Waals surface area (Å²) >= 11 is 0. The highest BCUT2D eigenvalue weighted by Crippen LogP contribution is 2.14. The number of nitrogens with one attached hydrogen (secondary N) is 3. The van der Waals surface area contributed by atoms with Crippen molar-refractivity contribution in [2.45, 2.75) is 38.5 Å². The van der Waals surface area contributed by atoms with Gasteiger partial charge in [-0.25, -0.2) is 0 Å². The van der Waals surface area contributed by atoms with Gasteiger partial charge in [0.15, 0.2) is 0 Å². The number of allylic oxidation sites excluding steroid dienone is 2. The number of rotatable bonds is 6. The van der Waals surface area contributed by atoms with Crippen molar-refractivity contribution in [1.82, 2.24) is 16.2 Å². The molecule has 0 bridgehead atoms. The molecular weight excluding hydrogens is 230 g/mol. The maximum absolute atomic E-state index is 11.5. The van der Waals surface area contributed by atoms with E-state index in [1.807, 2.05) is 0 Å². The van der Waals surface area contributed by atoms with Gasteiger partial charge in [0.1, 0.15) is 6.42 Å². The van der Waals surface area contributed by atoms with Gasteiger partial charge in [0.25, 0.3) is 0 Å². The first-order valence-electron chi connectivity index (χ1n) is 6.34. The summed E-state index contributed by atoms with van der Waals surface area (Å²) in [6.07, 6.45) is 9.04. The molecule has 0 saturated heterocycles. The highest BCUT2D eigenvalue weighted by Gasteiger charge is 2.09. The maximum atomic E-state index is 11.5. The van der Waals surface area contributed by atoms with Crippen LogP contribution in [0.1, 0.15) is 38.5 Å². The van der Waals surface area contributed by atoms with Gasteiger partial charge in [-0.1, -0.05) is 18.6 Å². The Kier molecular flexibility index (Phi) is 6.61. The predicted octanol–water partition coefficient (Wildman–Crippen LogP) is 1.15. The van der Waals surface area contributed by atoms with Crippen LogP contribution in [0.5, 0.6) is 0 Å². The molecule has 0 spiro atoms. The quantitative estimate of drug-likeness (QED) is 0.377. The molecule has 100 valence electrons. The molecule has 18 heavy (non-hydrogen) atoms. The number of hydrogen-bond acceptors (Lipinski definition) is 3. The zero-order valence-corrected chi connectivity index (χ0v) is 10.6. The molecule has 2 amide bonds. The van der Waals surface area contributed by atoms with Crippen molar-refractivity contribution < 1.29 is 9.59 Å². The average molecular weight is 251 g/mol. The first-order valence-corrected chi connectivity index (χ1v) is 6.34. The van der Waals surface area contributed by atoms with Crippen LogP contribution in [0.2, 0.25) is 0 Å². The molecule has 0 fully saturated rings. The molecule has 1 rings (SSSR count). The Labute approximate surface area is 108 Å². The molecule has 0 aromatic rings. The SMILES string of the molecule is C=CCNC(=O)CC(=O)NNC1=CCCCCC1. The molecule has 0 atom stereocenters. The second-order valence-electron chi connectivity index (χ2n) is 4.27. The second kappa shape index (κ2) is 8.33. The number of hydrazine groups is 1. The molecule has 0 aromatic heterocycles. The van der Waals surface area contributed by atoms with Gasteiger partial charge in [-0.2, -0.15) is 0 Å². The molecule has 1 aliphatic rings. The molecule has 5 nitrogen and oxygen atoms in total. The molecule has 0 aliphatic heterocycles. The average Bonchev–Trinajstić information content (AvgIpc) is 2.62. The van der Waals surface area contributed by atoms with E-state index in [1.54, 1.807) is 6.08 Å². The Balaban J connectivity index is 2.21. The Morgan fingerprint density at radius 2 is 2.11 bits per heavy atom. The normalized spacial score (nSPS) is 15.0. The zero-order chi connectivity index (χ0) is 13.2. The minimum absolute atomic E-state index is 0.173. The molecule has 1 aliphatic carbocycles. The topological polar surface area (TPSA) is 70.2 Å². The van der Waals surface area contributed by atoms with Crippen LogP contribution < -0.4 is 16.2 Å². The number of amides is 2. The van der Waals surface area contributed by atoms with Crippen LogP contribution in [0, 0.1) is 0 Å². The summed E-state index contributed by atoms with van der Waals surface area (Å²) in [5, 5.41) is 2.55. The van der Waals surface area contributed by atoms with E-state index in [1.165, 1.54) is 12.8 Å². The van der Waals surface area contributed by atoms with E-state index in [-0.39, 0.29) is 18.2 Å². The van der Waals surface area contributed by atoms with Gasteiger partial charge < -0.3 is 10.7 Å². The molecule has 5 heteroatoms. The van der Waals surface area contributed by atoms with Crippen molar-refractivity contribution in [3.8, 4) is 0 Å². The van der Waals surface area contributed by atoms with Crippen LogP contribution >= 0.6 is 0 Å². The van der Waals surface area contributed by atoms with Crippen LogP contribution in [0.3, 0.4) is 0 Å². The standard InChI is InChI=1S/C13H21N3O2/c1-2-9-14-12(17)10-13(18)16-15-11-7-5-3-4-6-8-11/h2,7,15H,1,3-6,8-10H2,(H,14,17)(H,16,18). The van der Waals surface area contributed by atoms with E-state index < -0.39 is 0 Å². The second-order valence-corrected chi connectivity index (χ2v) is 4.27. The van der Waals surface area contributed by atoms with Gasteiger partial charge in [-0.15, -0.1) is 6.58 Å². The molecular formula is C13H21N3O2. The van der Waals surface area contributed by atoms with E-state index in [2.05, 4.69) is 28.8 Å².